The van der Waals surface area contributed by atoms with Gasteiger partial charge < -0.3 is 16.0 Å². The van der Waals surface area contributed by atoms with Gasteiger partial charge in [0, 0.05) is 25.2 Å². The summed E-state index contributed by atoms with van der Waals surface area (Å²) in [6.07, 6.45) is 2.62. The molecule has 0 aliphatic carbocycles. The summed E-state index contributed by atoms with van der Waals surface area (Å²) in [5.74, 6) is 0.648. The van der Waals surface area contributed by atoms with E-state index in [-0.39, 0.29) is 5.91 Å². The summed E-state index contributed by atoms with van der Waals surface area (Å²) in [6.45, 7) is 4.16. The summed E-state index contributed by atoms with van der Waals surface area (Å²) in [7, 11) is 0. The number of carbonyl (C=O) groups is 1. The summed E-state index contributed by atoms with van der Waals surface area (Å²) in [5.41, 5.74) is 10.4. The van der Waals surface area contributed by atoms with Gasteiger partial charge in [-0.15, -0.1) is 0 Å². The van der Waals surface area contributed by atoms with Crippen LogP contribution in [0, 0.1) is 0 Å². The van der Waals surface area contributed by atoms with E-state index in [0.29, 0.717) is 25.5 Å². The number of aryl methyl sites for hydroxylation is 1. The van der Waals surface area contributed by atoms with Crippen LogP contribution in [0.25, 0.3) is 0 Å². The van der Waals surface area contributed by atoms with E-state index in [2.05, 4.69) is 41.5 Å². The van der Waals surface area contributed by atoms with E-state index in [9.17, 15) is 4.79 Å². The number of benzene rings is 2. The van der Waals surface area contributed by atoms with Gasteiger partial charge in [-0.2, -0.15) is 0 Å². The van der Waals surface area contributed by atoms with Gasteiger partial charge in [-0.1, -0.05) is 43.3 Å². The number of anilines is 1. The van der Waals surface area contributed by atoms with Gasteiger partial charge >= 0.3 is 0 Å². The van der Waals surface area contributed by atoms with Gasteiger partial charge in [0.15, 0.2) is 5.96 Å². The average Bonchev–Trinajstić information content (AvgIpc) is 3.05. The van der Waals surface area contributed by atoms with Crippen LogP contribution in [-0.2, 0) is 24.3 Å². The van der Waals surface area contributed by atoms with Crippen LogP contribution in [0.1, 0.15) is 36.5 Å². The van der Waals surface area contributed by atoms with Crippen molar-refractivity contribution in [2.75, 3.05) is 11.9 Å². The van der Waals surface area contributed by atoms with Gasteiger partial charge in [0.05, 0.1) is 6.54 Å². The zero-order chi connectivity index (χ0) is 18.4. The molecule has 0 spiro atoms. The maximum absolute atomic E-state index is 11.8. The number of nitrogens with two attached hydrogens (primary N) is 1. The largest absolute Gasteiger partial charge is 0.370 e. The summed E-state index contributed by atoms with van der Waals surface area (Å²) >= 11 is 0. The number of hydrogen-bond donors (Lipinski definition) is 2. The molecule has 0 unspecified atom stereocenters. The summed E-state index contributed by atoms with van der Waals surface area (Å²) in [5, 5.41) is 3.14. The molecule has 26 heavy (non-hydrogen) atoms. The quantitative estimate of drug-likeness (QED) is 0.620. The topological polar surface area (TPSA) is 70.7 Å². The predicted octanol–water partition coefficient (Wildman–Crippen LogP) is 3.30. The second-order valence-corrected chi connectivity index (χ2v) is 6.62. The molecule has 2 aromatic carbocycles. The van der Waals surface area contributed by atoms with Crippen molar-refractivity contribution >= 4 is 17.6 Å². The Balaban J connectivity index is 1.60. The van der Waals surface area contributed by atoms with E-state index in [4.69, 9.17) is 5.73 Å². The highest BCUT2D eigenvalue weighted by atomic mass is 16.2. The number of amides is 1. The number of hydrogen-bond acceptors (Lipinski definition) is 2. The first-order valence-corrected chi connectivity index (χ1v) is 9.15. The lowest BCUT2D eigenvalue weighted by Crippen LogP contribution is -2.24. The lowest BCUT2D eigenvalue weighted by molar-refractivity contribution is -0.128. The number of nitrogens with one attached hydrogen (secondary N) is 1. The molecule has 136 valence electrons. The Hall–Kier alpha value is -2.82. The molecule has 1 heterocycles. The summed E-state index contributed by atoms with van der Waals surface area (Å²) in [6, 6.07) is 16.4. The van der Waals surface area contributed by atoms with Crippen LogP contribution in [0.4, 0.5) is 5.69 Å². The Morgan fingerprint density at radius 3 is 2.69 bits per heavy atom. The summed E-state index contributed by atoms with van der Waals surface area (Å²) in [4.78, 5) is 18.1. The Bertz CT molecular complexity index is 800. The Morgan fingerprint density at radius 1 is 1.15 bits per heavy atom. The fraction of sp³-hybridized carbons (Fsp3) is 0.333. The monoisotopic (exact) mass is 350 g/mol. The zero-order valence-corrected chi connectivity index (χ0v) is 15.2. The van der Waals surface area contributed by atoms with Crippen molar-refractivity contribution in [2.24, 2.45) is 10.7 Å². The minimum absolute atomic E-state index is 0.246. The van der Waals surface area contributed by atoms with Crippen molar-refractivity contribution in [3.05, 3.63) is 65.2 Å². The average molecular weight is 350 g/mol. The highest BCUT2D eigenvalue weighted by Gasteiger charge is 2.19. The molecule has 0 atom stereocenters. The Labute approximate surface area is 154 Å². The van der Waals surface area contributed by atoms with E-state index < -0.39 is 0 Å². The molecule has 1 amide bonds. The number of nitrogens with zero attached hydrogens (tertiary/aromatic N) is 2. The van der Waals surface area contributed by atoms with E-state index in [1.807, 2.05) is 29.2 Å². The van der Waals surface area contributed by atoms with E-state index in [1.54, 1.807) is 0 Å². The standard InChI is InChI=1S/C21H26N4O/c1-2-16-6-4-9-19(13-16)24-21(22)23-14-17-7-3-8-18(12-17)15-25-11-5-10-20(25)26/h3-4,6-9,12-13H,2,5,10-11,14-15H2,1H3,(H3,22,23,24). The van der Waals surface area contributed by atoms with Gasteiger partial charge in [0.1, 0.15) is 0 Å². The predicted molar refractivity (Wildman–Crippen MR) is 106 cm³/mol. The van der Waals surface area contributed by atoms with Crippen LogP contribution in [0.3, 0.4) is 0 Å². The third kappa shape index (κ3) is 4.85. The van der Waals surface area contributed by atoms with Crippen molar-refractivity contribution in [1.29, 1.82) is 0 Å². The first-order chi connectivity index (χ1) is 12.6. The Kier molecular flexibility index (Phi) is 5.89. The minimum atomic E-state index is 0.246. The van der Waals surface area contributed by atoms with Gasteiger partial charge in [0.2, 0.25) is 5.91 Å². The van der Waals surface area contributed by atoms with Crippen molar-refractivity contribution in [2.45, 2.75) is 39.3 Å². The first-order valence-electron chi connectivity index (χ1n) is 9.15. The maximum Gasteiger partial charge on any atom is 0.222 e. The van der Waals surface area contributed by atoms with E-state index in [0.717, 1.165) is 36.2 Å². The molecule has 1 saturated heterocycles. The molecule has 3 N–H and O–H groups in total. The van der Waals surface area contributed by atoms with Crippen LogP contribution >= 0.6 is 0 Å². The van der Waals surface area contributed by atoms with E-state index in [1.165, 1.54) is 5.56 Å². The van der Waals surface area contributed by atoms with Gasteiger partial charge in [0.25, 0.3) is 0 Å². The number of likely N-dealkylation sites (tertiary alicyclic amines) is 1. The third-order valence-electron chi connectivity index (χ3n) is 4.58. The number of aliphatic imine (C=N–C) groups is 1. The van der Waals surface area contributed by atoms with Crippen LogP contribution in [0.15, 0.2) is 53.5 Å². The molecule has 1 fully saturated rings. The fourth-order valence-corrected chi connectivity index (χ4v) is 3.15. The lowest BCUT2D eigenvalue weighted by Gasteiger charge is -2.15. The highest BCUT2D eigenvalue weighted by molar-refractivity contribution is 5.92. The molecular formula is C21H26N4O. The lowest BCUT2D eigenvalue weighted by atomic mass is 10.1. The third-order valence-corrected chi connectivity index (χ3v) is 4.58. The second-order valence-electron chi connectivity index (χ2n) is 6.62. The fourth-order valence-electron chi connectivity index (χ4n) is 3.15. The van der Waals surface area contributed by atoms with Crippen molar-refractivity contribution in [3.63, 3.8) is 0 Å². The molecule has 0 radical (unpaired) electrons. The molecule has 1 aliphatic heterocycles. The number of guanidine groups is 1. The van der Waals surface area contributed by atoms with Gasteiger partial charge in [-0.3, -0.25) is 4.79 Å². The van der Waals surface area contributed by atoms with Crippen LogP contribution in [0.5, 0.6) is 0 Å². The second kappa shape index (κ2) is 8.52. The molecule has 5 heteroatoms. The van der Waals surface area contributed by atoms with Gasteiger partial charge in [-0.05, 0) is 41.7 Å². The van der Waals surface area contributed by atoms with Crippen molar-refractivity contribution in [3.8, 4) is 0 Å². The van der Waals surface area contributed by atoms with Crippen LogP contribution < -0.4 is 11.1 Å². The van der Waals surface area contributed by atoms with E-state index >= 15 is 0 Å². The zero-order valence-electron chi connectivity index (χ0n) is 15.2. The van der Waals surface area contributed by atoms with Gasteiger partial charge in [-0.25, -0.2) is 4.99 Å². The van der Waals surface area contributed by atoms with Crippen molar-refractivity contribution < 1.29 is 4.79 Å². The smallest absolute Gasteiger partial charge is 0.222 e. The molecule has 2 aromatic rings. The Morgan fingerprint density at radius 2 is 1.92 bits per heavy atom. The first kappa shape index (κ1) is 18.0. The minimum Gasteiger partial charge on any atom is -0.370 e. The number of carbonyl (C=O) groups excluding carboxylic acids is 1. The summed E-state index contributed by atoms with van der Waals surface area (Å²) < 4.78 is 0. The number of rotatable bonds is 6. The highest BCUT2D eigenvalue weighted by Crippen LogP contribution is 2.16. The molecule has 5 nitrogen and oxygen atoms in total. The maximum atomic E-state index is 11.8. The molecule has 0 aromatic heterocycles. The molecule has 3 rings (SSSR count). The normalized spacial score (nSPS) is 14.7. The molecular weight excluding hydrogens is 324 g/mol. The van der Waals surface area contributed by atoms with Crippen LogP contribution in [-0.4, -0.2) is 23.3 Å². The van der Waals surface area contributed by atoms with Crippen molar-refractivity contribution in [1.82, 2.24) is 4.90 Å². The van der Waals surface area contributed by atoms with Crippen LogP contribution in [0.2, 0.25) is 0 Å². The molecule has 0 bridgehead atoms. The molecule has 1 aliphatic rings. The SMILES string of the molecule is CCc1cccc(NC(N)=NCc2cccc(CN3CCCC3=O)c2)c1. The molecule has 0 saturated carbocycles.